The first kappa shape index (κ1) is 20.3. The molecule has 2 atom stereocenters. The second-order valence-electron chi connectivity index (χ2n) is 12.2. The zero-order chi connectivity index (χ0) is 21.1. The molecule has 0 radical (unpaired) electrons. The van der Waals surface area contributed by atoms with E-state index in [0.29, 0.717) is 17.9 Å². The van der Waals surface area contributed by atoms with Gasteiger partial charge >= 0.3 is 0 Å². The summed E-state index contributed by atoms with van der Waals surface area (Å²) >= 11 is 0. The molecular formula is C28H40N2O. The minimum atomic E-state index is -0.119. The van der Waals surface area contributed by atoms with E-state index in [2.05, 4.69) is 35.6 Å². The van der Waals surface area contributed by atoms with Crippen LogP contribution in [0.1, 0.15) is 82.6 Å². The minimum absolute atomic E-state index is 0.119. The van der Waals surface area contributed by atoms with E-state index < -0.39 is 0 Å². The standard InChI is InChI=1S/C28H40N2O/c29-17-20-8-10-24(11-9-20)30-26(31)28-15-21-13-27(18-28,23-4-2-1-3-5-23)14-22(16-28)25(21)12-19-6-7-19/h1-5,19-22,24-25H,6-18,29H2,(H,30,31)/t20-,21?,22?,24-,25?,27?,28?. The van der Waals surface area contributed by atoms with Crippen LogP contribution in [0.5, 0.6) is 0 Å². The van der Waals surface area contributed by atoms with Gasteiger partial charge in [-0.3, -0.25) is 4.79 Å². The molecule has 1 amide bonds. The van der Waals surface area contributed by atoms with E-state index in [1.54, 1.807) is 0 Å². The van der Waals surface area contributed by atoms with Crippen molar-refractivity contribution < 1.29 is 4.79 Å². The molecule has 168 valence electrons. The van der Waals surface area contributed by atoms with Crippen LogP contribution in [0.4, 0.5) is 0 Å². The molecule has 4 bridgehead atoms. The summed E-state index contributed by atoms with van der Waals surface area (Å²) in [5.41, 5.74) is 7.52. The highest BCUT2D eigenvalue weighted by Crippen LogP contribution is 2.68. The maximum absolute atomic E-state index is 13.9. The summed E-state index contributed by atoms with van der Waals surface area (Å²) in [5, 5.41) is 3.58. The van der Waals surface area contributed by atoms with Crippen LogP contribution in [0, 0.1) is 35.0 Å². The lowest BCUT2D eigenvalue weighted by molar-refractivity contribution is -0.159. The Bertz CT molecular complexity index is 792. The number of carbonyl (C=O) groups excluding carboxylic acids is 1. The van der Waals surface area contributed by atoms with Crippen LogP contribution < -0.4 is 11.1 Å². The number of nitrogens with two attached hydrogens (primary N) is 1. The molecular weight excluding hydrogens is 380 g/mol. The average Bonchev–Trinajstić information content (AvgIpc) is 3.61. The maximum Gasteiger partial charge on any atom is 0.226 e. The third-order valence-electron chi connectivity index (χ3n) is 10.2. The van der Waals surface area contributed by atoms with Gasteiger partial charge in [-0.05, 0) is 111 Å². The van der Waals surface area contributed by atoms with Gasteiger partial charge in [0.2, 0.25) is 5.91 Å². The lowest BCUT2D eigenvalue weighted by atomic mass is 9.39. The molecule has 0 spiro atoms. The molecule has 3 nitrogen and oxygen atoms in total. The Kier molecular flexibility index (Phi) is 4.98. The predicted octanol–water partition coefficient (Wildman–Crippen LogP) is 5.18. The first-order chi connectivity index (χ1) is 15.1. The number of nitrogens with one attached hydrogen (secondary N) is 1. The molecule has 1 aromatic rings. The molecule has 1 aromatic carbocycles. The van der Waals surface area contributed by atoms with Crippen LogP contribution in [0.25, 0.3) is 0 Å². The number of amides is 1. The predicted molar refractivity (Wildman–Crippen MR) is 124 cm³/mol. The van der Waals surface area contributed by atoms with Crippen LogP contribution in [-0.2, 0) is 10.2 Å². The lowest BCUT2D eigenvalue weighted by Gasteiger charge is -2.64. The number of hydrogen-bond acceptors (Lipinski definition) is 2. The molecule has 2 unspecified atom stereocenters. The molecule has 7 rings (SSSR count). The molecule has 3 N–H and O–H groups in total. The molecule has 31 heavy (non-hydrogen) atoms. The molecule has 3 heteroatoms. The highest BCUT2D eigenvalue weighted by Gasteiger charge is 2.64. The third kappa shape index (κ3) is 3.56. The summed E-state index contributed by atoms with van der Waals surface area (Å²) in [7, 11) is 0. The topological polar surface area (TPSA) is 55.1 Å². The number of benzene rings is 1. The van der Waals surface area contributed by atoms with E-state index in [1.807, 2.05) is 0 Å². The summed E-state index contributed by atoms with van der Waals surface area (Å²) < 4.78 is 0. The van der Waals surface area contributed by atoms with Crippen LogP contribution in [-0.4, -0.2) is 18.5 Å². The largest absolute Gasteiger partial charge is 0.353 e. The average molecular weight is 421 g/mol. The lowest BCUT2D eigenvalue weighted by Crippen LogP contribution is -2.62. The fourth-order valence-corrected chi connectivity index (χ4v) is 8.64. The van der Waals surface area contributed by atoms with Crippen molar-refractivity contribution in [3.63, 3.8) is 0 Å². The van der Waals surface area contributed by atoms with Crippen molar-refractivity contribution in [3.8, 4) is 0 Å². The van der Waals surface area contributed by atoms with E-state index in [0.717, 1.165) is 62.3 Å². The molecule has 6 aliphatic carbocycles. The van der Waals surface area contributed by atoms with Gasteiger partial charge in [0.05, 0.1) is 5.41 Å². The summed E-state index contributed by atoms with van der Waals surface area (Å²) in [6, 6.07) is 11.6. The smallest absolute Gasteiger partial charge is 0.226 e. The van der Waals surface area contributed by atoms with Crippen LogP contribution >= 0.6 is 0 Å². The van der Waals surface area contributed by atoms with Gasteiger partial charge in [0.15, 0.2) is 0 Å². The van der Waals surface area contributed by atoms with E-state index in [9.17, 15) is 4.79 Å². The van der Waals surface area contributed by atoms with Crippen molar-refractivity contribution in [1.82, 2.24) is 5.32 Å². The second kappa shape index (κ2) is 7.61. The number of rotatable bonds is 6. The monoisotopic (exact) mass is 420 g/mol. The summed E-state index contributed by atoms with van der Waals surface area (Å²) in [6.45, 7) is 0.802. The van der Waals surface area contributed by atoms with Crippen molar-refractivity contribution in [2.24, 2.45) is 40.7 Å². The summed E-state index contributed by atoms with van der Waals surface area (Å²) in [6.07, 6.45) is 15.0. The van der Waals surface area contributed by atoms with E-state index >= 15 is 0 Å². The molecule has 0 aromatic heterocycles. The number of hydrogen-bond donors (Lipinski definition) is 2. The van der Waals surface area contributed by atoms with Crippen molar-refractivity contribution in [3.05, 3.63) is 35.9 Å². The van der Waals surface area contributed by atoms with Gasteiger partial charge in [-0.1, -0.05) is 43.2 Å². The Morgan fingerprint density at radius 3 is 2.16 bits per heavy atom. The quantitative estimate of drug-likeness (QED) is 0.666. The van der Waals surface area contributed by atoms with Gasteiger partial charge in [-0.15, -0.1) is 0 Å². The molecule has 6 fully saturated rings. The zero-order valence-electron chi connectivity index (χ0n) is 19.0. The van der Waals surface area contributed by atoms with Gasteiger partial charge in [0, 0.05) is 6.04 Å². The van der Waals surface area contributed by atoms with Crippen molar-refractivity contribution in [2.75, 3.05) is 6.54 Å². The Labute approximate surface area is 187 Å². The zero-order valence-corrected chi connectivity index (χ0v) is 19.0. The molecule has 0 saturated heterocycles. The fraction of sp³-hybridized carbons (Fsp3) is 0.750. The van der Waals surface area contributed by atoms with Gasteiger partial charge in [-0.2, -0.15) is 0 Å². The molecule has 6 aliphatic rings. The molecule has 0 aliphatic heterocycles. The Morgan fingerprint density at radius 1 is 0.903 bits per heavy atom. The normalized spacial score (nSPS) is 43.7. The second-order valence-corrected chi connectivity index (χ2v) is 12.2. The van der Waals surface area contributed by atoms with Gasteiger partial charge in [0.25, 0.3) is 0 Å². The van der Waals surface area contributed by atoms with Crippen LogP contribution in [0.15, 0.2) is 30.3 Å². The van der Waals surface area contributed by atoms with Gasteiger partial charge < -0.3 is 11.1 Å². The Hall–Kier alpha value is -1.35. The first-order valence-electron chi connectivity index (χ1n) is 13.2. The Balaban J connectivity index is 1.25. The fourth-order valence-electron chi connectivity index (χ4n) is 8.64. The molecule has 6 saturated carbocycles. The highest BCUT2D eigenvalue weighted by atomic mass is 16.2. The van der Waals surface area contributed by atoms with Gasteiger partial charge in [-0.25, -0.2) is 0 Å². The highest BCUT2D eigenvalue weighted by molar-refractivity contribution is 5.84. The van der Waals surface area contributed by atoms with Crippen LogP contribution in [0.2, 0.25) is 0 Å². The number of carbonyl (C=O) groups is 1. The molecule has 0 heterocycles. The van der Waals surface area contributed by atoms with Crippen molar-refractivity contribution >= 4 is 5.91 Å². The van der Waals surface area contributed by atoms with Crippen LogP contribution in [0.3, 0.4) is 0 Å². The first-order valence-corrected chi connectivity index (χ1v) is 13.2. The maximum atomic E-state index is 13.9. The summed E-state index contributed by atoms with van der Waals surface area (Å²) in [4.78, 5) is 13.9. The third-order valence-corrected chi connectivity index (χ3v) is 10.2. The van der Waals surface area contributed by atoms with Crippen molar-refractivity contribution in [1.29, 1.82) is 0 Å². The Morgan fingerprint density at radius 2 is 1.55 bits per heavy atom. The SMILES string of the molecule is NC[C@H]1CC[C@H](NC(=O)C23CC4CC(c5ccccc5)(CC(C2)C4CC2CC2)C3)CC1. The van der Waals surface area contributed by atoms with E-state index in [4.69, 9.17) is 5.73 Å². The summed E-state index contributed by atoms with van der Waals surface area (Å²) in [5.74, 6) is 4.45. The van der Waals surface area contributed by atoms with E-state index in [1.165, 1.54) is 50.5 Å². The van der Waals surface area contributed by atoms with Gasteiger partial charge in [0.1, 0.15) is 0 Å². The minimum Gasteiger partial charge on any atom is -0.353 e. The van der Waals surface area contributed by atoms with E-state index in [-0.39, 0.29) is 10.8 Å². The van der Waals surface area contributed by atoms with Crippen molar-refractivity contribution in [2.45, 2.75) is 88.5 Å².